The summed E-state index contributed by atoms with van der Waals surface area (Å²) in [6.07, 6.45) is 1.10. The fraction of sp³-hybridized carbons (Fsp3) is 0.250. The van der Waals surface area contributed by atoms with Crippen molar-refractivity contribution in [1.29, 1.82) is 0 Å². The zero-order valence-corrected chi connectivity index (χ0v) is 13.0. The van der Waals surface area contributed by atoms with Gasteiger partial charge in [-0.25, -0.2) is 0 Å². The fourth-order valence-corrected chi connectivity index (χ4v) is 1.93. The Morgan fingerprint density at radius 3 is 2.35 bits per heavy atom. The van der Waals surface area contributed by atoms with Crippen molar-refractivity contribution in [2.75, 3.05) is 21.3 Å². The van der Waals surface area contributed by atoms with Crippen molar-refractivity contribution in [3.05, 3.63) is 52.1 Å². The smallest absolute Gasteiger partial charge is 0.287 e. The van der Waals surface area contributed by atoms with E-state index in [4.69, 9.17) is 18.6 Å². The second-order valence-corrected chi connectivity index (χ2v) is 4.55. The van der Waals surface area contributed by atoms with Crippen LogP contribution >= 0.6 is 0 Å². The van der Waals surface area contributed by atoms with Gasteiger partial charge in [0.05, 0.1) is 21.3 Å². The maximum Gasteiger partial charge on any atom is 0.287 e. The predicted octanol–water partition coefficient (Wildman–Crippen LogP) is 1.60. The molecule has 1 aromatic carbocycles. The topological polar surface area (TPSA) is 87.0 Å². The van der Waals surface area contributed by atoms with Crippen LogP contribution in [-0.4, -0.2) is 27.2 Å². The number of hydrogen-bond acceptors (Lipinski definition) is 6. The van der Waals surface area contributed by atoms with E-state index in [2.05, 4.69) is 5.32 Å². The van der Waals surface area contributed by atoms with Crippen molar-refractivity contribution in [1.82, 2.24) is 5.32 Å². The van der Waals surface area contributed by atoms with Gasteiger partial charge in [0.25, 0.3) is 5.91 Å². The molecule has 0 saturated heterocycles. The molecule has 0 bridgehead atoms. The monoisotopic (exact) mass is 319 g/mol. The molecular weight excluding hydrogens is 302 g/mol. The van der Waals surface area contributed by atoms with E-state index >= 15 is 0 Å². The molecule has 2 aromatic rings. The van der Waals surface area contributed by atoms with Gasteiger partial charge in [0.15, 0.2) is 17.3 Å². The minimum atomic E-state index is -0.500. The first kappa shape index (κ1) is 16.4. The molecule has 23 heavy (non-hydrogen) atoms. The van der Waals surface area contributed by atoms with E-state index in [9.17, 15) is 9.59 Å². The number of carbonyl (C=O) groups excluding carboxylic acids is 1. The number of carbonyl (C=O) groups is 1. The summed E-state index contributed by atoms with van der Waals surface area (Å²) in [6, 6.07) is 6.38. The van der Waals surface area contributed by atoms with Crippen LogP contribution in [0.4, 0.5) is 0 Å². The van der Waals surface area contributed by atoms with Crippen LogP contribution in [0.3, 0.4) is 0 Å². The van der Waals surface area contributed by atoms with Gasteiger partial charge in [-0.2, -0.15) is 0 Å². The Morgan fingerprint density at radius 2 is 1.74 bits per heavy atom. The maximum atomic E-state index is 12.0. The Kier molecular flexibility index (Phi) is 5.24. The lowest BCUT2D eigenvalue weighted by molar-refractivity contribution is 0.0920. The molecule has 0 aliphatic rings. The Balaban J connectivity index is 2.07. The summed E-state index contributed by atoms with van der Waals surface area (Å²) in [7, 11) is 4.43. The highest BCUT2D eigenvalue weighted by atomic mass is 16.5. The molecular formula is C16H17NO6. The molecule has 1 heterocycles. The third-order valence-electron chi connectivity index (χ3n) is 3.14. The molecule has 0 fully saturated rings. The van der Waals surface area contributed by atoms with E-state index in [1.165, 1.54) is 14.2 Å². The number of amides is 1. The van der Waals surface area contributed by atoms with Crippen molar-refractivity contribution in [2.45, 2.75) is 6.54 Å². The Labute approximate surface area is 132 Å². The first-order chi connectivity index (χ1) is 11.1. The number of benzene rings is 1. The number of nitrogens with one attached hydrogen (secondary N) is 1. The number of hydrogen-bond donors (Lipinski definition) is 1. The molecule has 0 aliphatic heterocycles. The van der Waals surface area contributed by atoms with Gasteiger partial charge >= 0.3 is 0 Å². The van der Waals surface area contributed by atoms with Crippen molar-refractivity contribution in [3.63, 3.8) is 0 Å². The van der Waals surface area contributed by atoms with E-state index in [0.717, 1.165) is 17.9 Å². The van der Waals surface area contributed by atoms with E-state index in [1.54, 1.807) is 25.3 Å². The average Bonchev–Trinajstić information content (AvgIpc) is 2.59. The van der Waals surface area contributed by atoms with Crippen LogP contribution in [-0.2, 0) is 6.54 Å². The van der Waals surface area contributed by atoms with Crippen LogP contribution < -0.4 is 25.0 Å². The molecule has 0 aliphatic carbocycles. The summed E-state index contributed by atoms with van der Waals surface area (Å²) in [5.41, 5.74) is 0.391. The second-order valence-electron chi connectivity index (χ2n) is 4.55. The first-order valence-corrected chi connectivity index (χ1v) is 6.75. The van der Waals surface area contributed by atoms with Crippen molar-refractivity contribution >= 4 is 5.91 Å². The molecule has 0 radical (unpaired) electrons. The Bertz CT molecular complexity index is 752. The molecule has 7 nitrogen and oxygen atoms in total. The zero-order chi connectivity index (χ0) is 16.8. The third-order valence-corrected chi connectivity index (χ3v) is 3.14. The fourth-order valence-electron chi connectivity index (χ4n) is 1.93. The minimum absolute atomic E-state index is 0.0430. The largest absolute Gasteiger partial charge is 0.493 e. The van der Waals surface area contributed by atoms with Gasteiger partial charge in [0.2, 0.25) is 11.2 Å². The van der Waals surface area contributed by atoms with Gasteiger partial charge in [-0.05, 0) is 17.7 Å². The molecule has 1 N–H and O–H groups in total. The lowest BCUT2D eigenvalue weighted by Crippen LogP contribution is -2.24. The van der Waals surface area contributed by atoms with Gasteiger partial charge in [0.1, 0.15) is 6.26 Å². The van der Waals surface area contributed by atoms with E-state index in [1.807, 2.05) is 0 Å². The summed E-state index contributed by atoms with van der Waals surface area (Å²) in [6.45, 7) is 0.245. The molecule has 0 spiro atoms. The summed E-state index contributed by atoms with van der Waals surface area (Å²) >= 11 is 0. The zero-order valence-electron chi connectivity index (χ0n) is 13.0. The summed E-state index contributed by atoms with van der Waals surface area (Å²) in [5.74, 6) is 0.621. The number of rotatable bonds is 6. The summed E-state index contributed by atoms with van der Waals surface area (Å²) in [4.78, 5) is 23.6. The highest BCUT2D eigenvalue weighted by Crippen LogP contribution is 2.27. The summed E-state index contributed by atoms with van der Waals surface area (Å²) in [5, 5.41) is 2.66. The summed E-state index contributed by atoms with van der Waals surface area (Å²) < 4.78 is 20.2. The van der Waals surface area contributed by atoms with Crippen molar-refractivity contribution in [3.8, 4) is 17.2 Å². The van der Waals surface area contributed by atoms with Crippen LogP contribution in [0.15, 0.2) is 39.7 Å². The highest BCUT2D eigenvalue weighted by molar-refractivity contribution is 5.91. The quantitative estimate of drug-likeness (QED) is 0.870. The highest BCUT2D eigenvalue weighted by Gasteiger charge is 2.12. The van der Waals surface area contributed by atoms with E-state index in [0.29, 0.717) is 11.5 Å². The van der Waals surface area contributed by atoms with Crippen molar-refractivity contribution < 1.29 is 23.4 Å². The lowest BCUT2D eigenvalue weighted by Gasteiger charge is -2.10. The number of ether oxygens (including phenoxy) is 3. The van der Waals surface area contributed by atoms with Crippen molar-refractivity contribution in [2.24, 2.45) is 0 Å². The molecule has 7 heteroatoms. The average molecular weight is 319 g/mol. The van der Waals surface area contributed by atoms with Crippen LogP contribution in [0.25, 0.3) is 0 Å². The lowest BCUT2D eigenvalue weighted by atomic mass is 10.2. The van der Waals surface area contributed by atoms with Crippen LogP contribution in [0.5, 0.6) is 17.2 Å². The SMILES string of the molecule is COc1ccc(CNC(=O)c2cc(=O)c(OC)co2)cc1OC. The predicted molar refractivity (Wildman–Crippen MR) is 82.2 cm³/mol. The van der Waals surface area contributed by atoms with Gasteiger partial charge in [-0.1, -0.05) is 6.07 Å². The van der Waals surface area contributed by atoms with Gasteiger partial charge in [-0.15, -0.1) is 0 Å². The van der Waals surface area contributed by atoms with Gasteiger partial charge in [0, 0.05) is 12.6 Å². The molecule has 0 atom stereocenters. The van der Waals surface area contributed by atoms with Crippen LogP contribution in [0, 0.1) is 0 Å². The normalized spacial score (nSPS) is 10.0. The van der Waals surface area contributed by atoms with Gasteiger partial charge < -0.3 is 23.9 Å². The maximum absolute atomic E-state index is 12.0. The molecule has 1 amide bonds. The minimum Gasteiger partial charge on any atom is -0.493 e. The molecule has 0 saturated carbocycles. The first-order valence-electron chi connectivity index (χ1n) is 6.75. The van der Waals surface area contributed by atoms with E-state index < -0.39 is 11.3 Å². The van der Waals surface area contributed by atoms with Gasteiger partial charge in [-0.3, -0.25) is 9.59 Å². The number of methoxy groups -OCH3 is 3. The second kappa shape index (κ2) is 7.35. The third kappa shape index (κ3) is 3.82. The van der Waals surface area contributed by atoms with Crippen LogP contribution in [0.1, 0.15) is 16.1 Å². The van der Waals surface area contributed by atoms with Crippen LogP contribution in [0.2, 0.25) is 0 Å². The molecule has 1 aromatic heterocycles. The Morgan fingerprint density at radius 1 is 1.04 bits per heavy atom. The molecule has 122 valence electrons. The standard InChI is InChI=1S/C16H17NO6/c1-20-12-5-4-10(6-13(12)21-2)8-17-16(19)14-7-11(18)15(22-3)9-23-14/h4-7,9H,8H2,1-3H3,(H,17,19). The molecule has 2 rings (SSSR count). The Hall–Kier alpha value is -2.96. The molecule has 0 unspecified atom stereocenters. The van der Waals surface area contributed by atoms with E-state index in [-0.39, 0.29) is 18.1 Å².